The van der Waals surface area contributed by atoms with Crippen LogP contribution in [0.5, 0.6) is 0 Å². The van der Waals surface area contributed by atoms with E-state index in [0.717, 1.165) is 6.29 Å². The molecular formula is C10H19NO3. The summed E-state index contributed by atoms with van der Waals surface area (Å²) in [6, 6.07) is -0.435. The molecule has 0 radical (unpaired) electrons. The van der Waals surface area contributed by atoms with E-state index in [0.29, 0.717) is 6.54 Å². The molecule has 0 bridgehead atoms. The van der Waals surface area contributed by atoms with E-state index >= 15 is 0 Å². The minimum absolute atomic E-state index is 0.435. The Morgan fingerprint density at radius 1 is 1.50 bits per heavy atom. The van der Waals surface area contributed by atoms with Gasteiger partial charge in [-0.25, -0.2) is 4.79 Å². The van der Waals surface area contributed by atoms with Crippen molar-refractivity contribution in [1.82, 2.24) is 4.90 Å². The van der Waals surface area contributed by atoms with Crippen molar-refractivity contribution in [2.45, 2.75) is 46.3 Å². The molecule has 0 spiro atoms. The highest BCUT2D eigenvalue weighted by Crippen LogP contribution is 2.11. The van der Waals surface area contributed by atoms with Crippen LogP contribution in [0.25, 0.3) is 0 Å². The minimum atomic E-state index is -0.521. The van der Waals surface area contributed by atoms with Gasteiger partial charge in [-0.05, 0) is 34.6 Å². The van der Waals surface area contributed by atoms with Crippen LogP contribution in [-0.4, -0.2) is 35.5 Å². The Labute approximate surface area is 85.2 Å². The van der Waals surface area contributed by atoms with Crippen molar-refractivity contribution in [2.24, 2.45) is 0 Å². The van der Waals surface area contributed by atoms with E-state index in [2.05, 4.69) is 0 Å². The number of carbonyl (C=O) groups is 2. The topological polar surface area (TPSA) is 46.6 Å². The van der Waals surface area contributed by atoms with Crippen molar-refractivity contribution >= 4 is 12.4 Å². The standard InChI is InChI=1S/C10H19NO3/c1-6-11(8(2)7-12)9(13)14-10(3,4)5/h7-8H,6H2,1-5H3. The van der Waals surface area contributed by atoms with Gasteiger partial charge in [0, 0.05) is 6.54 Å². The molecule has 0 aromatic heterocycles. The summed E-state index contributed by atoms with van der Waals surface area (Å²) in [4.78, 5) is 23.4. The predicted octanol–water partition coefficient (Wildman–Crippen LogP) is 1.83. The fourth-order valence-electron chi connectivity index (χ4n) is 0.977. The summed E-state index contributed by atoms with van der Waals surface area (Å²) >= 11 is 0. The molecule has 1 amide bonds. The summed E-state index contributed by atoms with van der Waals surface area (Å²) in [5.41, 5.74) is -0.521. The van der Waals surface area contributed by atoms with Crippen molar-refractivity contribution in [3.8, 4) is 0 Å². The minimum Gasteiger partial charge on any atom is -0.444 e. The molecule has 0 saturated heterocycles. The van der Waals surface area contributed by atoms with Crippen LogP contribution in [0.3, 0.4) is 0 Å². The van der Waals surface area contributed by atoms with Crippen LogP contribution in [0.1, 0.15) is 34.6 Å². The maximum atomic E-state index is 11.5. The Hall–Kier alpha value is -1.06. The maximum Gasteiger partial charge on any atom is 0.410 e. The first kappa shape index (κ1) is 12.9. The Bertz CT molecular complexity index is 208. The largest absolute Gasteiger partial charge is 0.444 e. The molecule has 1 unspecified atom stereocenters. The lowest BCUT2D eigenvalue weighted by Gasteiger charge is -2.28. The van der Waals surface area contributed by atoms with Crippen LogP contribution >= 0.6 is 0 Å². The van der Waals surface area contributed by atoms with Gasteiger partial charge in [0.25, 0.3) is 0 Å². The van der Waals surface area contributed by atoms with Gasteiger partial charge in [-0.3, -0.25) is 4.90 Å². The molecule has 0 aromatic carbocycles. The predicted molar refractivity (Wildman–Crippen MR) is 54.1 cm³/mol. The van der Waals surface area contributed by atoms with Gasteiger partial charge in [0.2, 0.25) is 0 Å². The third kappa shape index (κ3) is 4.25. The lowest BCUT2D eigenvalue weighted by molar-refractivity contribution is -0.111. The molecular weight excluding hydrogens is 182 g/mol. The van der Waals surface area contributed by atoms with Gasteiger partial charge in [-0.1, -0.05) is 0 Å². The van der Waals surface area contributed by atoms with E-state index in [4.69, 9.17) is 4.74 Å². The van der Waals surface area contributed by atoms with Crippen molar-refractivity contribution in [3.05, 3.63) is 0 Å². The van der Waals surface area contributed by atoms with Crippen molar-refractivity contribution in [2.75, 3.05) is 6.54 Å². The average Bonchev–Trinajstić information content (AvgIpc) is 2.01. The fourth-order valence-corrected chi connectivity index (χ4v) is 0.977. The molecule has 1 atom stereocenters. The van der Waals surface area contributed by atoms with Crippen LogP contribution < -0.4 is 0 Å². The smallest absolute Gasteiger partial charge is 0.410 e. The SMILES string of the molecule is CCN(C(=O)OC(C)(C)C)C(C)C=O. The van der Waals surface area contributed by atoms with Crippen LogP contribution in [0.15, 0.2) is 0 Å². The van der Waals surface area contributed by atoms with Gasteiger partial charge < -0.3 is 9.53 Å². The van der Waals surface area contributed by atoms with Crippen molar-refractivity contribution in [1.29, 1.82) is 0 Å². The summed E-state index contributed by atoms with van der Waals surface area (Å²) in [5, 5.41) is 0. The summed E-state index contributed by atoms with van der Waals surface area (Å²) < 4.78 is 5.14. The van der Waals surface area contributed by atoms with Gasteiger partial charge in [0.1, 0.15) is 11.9 Å². The number of hydrogen-bond acceptors (Lipinski definition) is 3. The number of carbonyl (C=O) groups excluding carboxylic acids is 2. The quantitative estimate of drug-likeness (QED) is 0.654. The van der Waals surface area contributed by atoms with Gasteiger partial charge in [-0.2, -0.15) is 0 Å². The van der Waals surface area contributed by atoms with E-state index in [1.54, 1.807) is 27.7 Å². The third-order valence-electron chi connectivity index (χ3n) is 1.66. The highest BCUT2D eigenvalue weighted by atomic mass is 16.6. The summed E-state index contributed by atoms with van der Waals surface area (Å²) in [6.07, 6.45) is 0.285. The Morgan fingerprint density at radius 2 is 2.00 bits per heavy atom. The molecule has 0 aliphatic rings. The number of hydrogen-bond donors (Lipinski definition) is 0. The van der Waals surface area contributed by atoms with Gasteiger partial charge in [0.15, 0.2) is 0 Å². The lowest BCUT2D eigenvalue weighted by Crippen LogP contribution is -2.42. The van der Waals surface area contributed by atoms with Crippen LogP contribution in [0.4, 0.5) is 4.79 Å². The number of likely N-dealkylation sites (N-methyl/N-ethyl adjacent to an activating group) is 1. The van der Waals surface area contributed by atoms with Gasteiger partial charge in [0.05, 0.1) is 6.04 Å². The number of rotatable bonds is 3. The third-order valence-corrected chi connectivity index (χ3v) is 1.66. The second kappa shape index (κ2) is 4.98. The van der Waals surface area contributed by atoms with E-state index in [-0.39, 0.29) is 0 Å². The van der Waals surface area contributed by atoms with E-state index < -0.39 is 17.7 Å². The summed E-state index contributed by atoms with van der Waals surface area (Å²) in [5.74, 6) is 0. The Balaban J connectivity index is 4.40. The second-order valence-electron chi connectivity index (χ2n) is 4.14. The molecule has 0 aromatic rings. The van der Waals surface area contributed by atoms with Crippen LogP contribution in [0, 0.1) is 0 Å². The molecule has 0 aliphatic carbocycles. The molecule has 82 valence electrons. The molecule has 0 aliphatic heterocycles. The molecule has 14 heavy (non-hydrogen) atoms. The lowest BCUT2D eigenvalue weighted by atomic mass is 10.2. The monoisotopic (exact) mass is 201 g/mol. The normalized spacial score (nSPS) is 13.2. The number of nitrogens with zero attached hydrogens (tertiary/aromatic N) is 1. The van der Waals surface area contributed by atoms with E-state index in [1.165, 1.54) is 4.90 Å². The van der Waals surface area contributed by atoms with E-state index in [1.807, 2.05) is 6.92 Å². The molecule has 0 fully saturated rings. The fraction of sp³-hybridized carbons (Fsp3) is 0.800. The van der Waals surface area contributed by atoms with Crippen molar-refractivity contribution < 1.29 is 14.3 Å². The van der Waals surface area contributed by atoms with Crippen LogP contribution in [0.2, 0.25) is 0 Å². The van der Waals surface area contributed by atoms with Gasteiger partial charge >= 0.3 is 6.09 Å². The number of aldehydes is 1. The highest BCUT2D eigenvalue weighted by molar-refractivity contribution is 5.73. The first-order chi connectivity index (χ1) is 6.31. The Morgan fingerprint density at radius 3 is 2.29 bits per heavy atom. The zero-order valence-electron chi connectivity index (χ0n) is 9.53. The zero-order chi connectivity index (χ0) is 11.4. The molecule has 4 heteroatoms. The molecule has 0 N–H and O–H groups in total. The molecule has 0 heterocycles. The number of amides is 1. The molecule has 0 saturated carbocycles. The average molecular weight is 201 g/mol. The summed E-state index contributed by atoms with van der Waals surface area (Å²) in [6.45, 7) is 9.33. The van der Waals surface area contributed by atoms with Crippen LogP contribution in [-0.2, 0) is 9.53 Å². The number of ether oxygens (including phenoxy) is 1. The van der Waals surface area contributed by atoms with E-state index in [9.17, 15) is 9.59 Å². The summed E-state index contributed by atoms with van der Waals surface area (Å²) in [7, 11) is 0. The first-order valence-electron chi connectivity index (χ1n) is 4.76. The second-order valence-corrected chi connectivity index (χ2v) is 4.14. The highest BCUT2D eigenvalue weighted by Gasteiger charge is 2.24. The molecule has 0 rings (SSSR count). The first-order valence-corrected chi connectivity index (χ1v) is 4.76. The van der Waals surface area contributed by atoms with Gasteiger partial charge in [-0.15, -0.1) is 0 Å². The zero-order valence-corrected chi connectivity index (χ0v) is 9.53. The maximum absolute atomic E-state index is 11.5. The van der Waals surface area contributed by atoms with Crippen molar-refractivity contribution in [3.63, 3.8) is 0 Å². The Kier molecular flexibility index (Phi) is 4.60. The molecule has 4 nitrogen and oxygen atoms in total.